The van der Waals surface area contributed by atoms with Crippen molar-refractivity contribution in [1.82, 2.24) is 4.90 Å². The number of non-ortho nitro benzene ring substituents is 1. The van der Waals surface area contributed by atoms with Crippen LogP contribution in [0.25, 0.3) is 0 Å². The highest BCUT2D eigenvalue weighted by atomic mass is 16.6. The van der Waals surface area contributed by atoms with Crippen LogP contribution in [0.15, 0.2) is 121 Å². The summed E-state index contributed by atoms with van der Waals surface area (Å²) in [5.74, 6) is -0.172. The number of nitro benzene ring substituents is 1. The average Bonchev–Trinajstić information content (AvgIpc) is 3.43. The number of hydrogen-bond acceptors (Lipinski definition) is 9. The Morgan fingerprint density at radius 3 is 1.91 bits per heavy atom. The summed E-state index contributed by atoms with van der Waals surface area (Å²) in [7, 11) is 3.28. The zero-order valence-corrected chi connectivity index (χ0v) is 29.4. The third-order valence-corrected chi connectivity index (χ3v) is 9.21. The van der Waals surface area contributed by atoms with Gasteiger partial charge in [0.2, 0.25) is 0 Å². The minimum Gasteiger partial charge on any atom is -0.496 e. The number of amides is 2. The van der Waals surface area contributed by atoms with Gasteiger partial charge >= 0.3 is 5.97 Å². The molecule has 1 aliphatic rings. The van der Waals surface area contributed by atoms with Gasteiger partial charge in [0, 0.05) is 36.4 Å². The van der Waals surface area contributed by atoms with Gasteiger partial charge in [-0.15, -0.1) is 0 Å². The number of rotatable bonds is 16. The SMILES string of the molecule is COc1ccccc1C(OCCCCCCN1C(=O)c2ccc(C(=O)Oc3ccc([N+](=O)[O-])cc3)cc2C1=O)(c1ccccc1)c1ccccc1OC. The summed E-state index contributed by atoms with van der Waals surface area (Å²) in [5.41, 5.74) is 1.84. The van der Waals surface area contributed by atoms with Gasteiger partial charge in [0.1, 0.15) is 17.2 Å². The Morgan fingerprint density at radius 2 is 1.28 bits per heavy atom. The number of unbranched alkanes of at least 4 members (excludes halogenated alkanes) is 3. The second-order valence-corrected chi connectivity index (χ2v) is 12.4. The lowest BCUT2D eigenvalue weighted by molar-refractivity contribution is -0.384. The molecular weight excluding hydrogens is 676 g/mol. The van der Waals surface area contributed by atoms with Crippen LogP contribution in [0, 0.1) is 10.1 Å². The minimum absolute atomic E-state index is 0.0814. The predicted molar refractivity (Wildman–Crippen MR) is 197 cm³/mol. The molecule has 0 aliphatic carbocycles. The molecule has 0 radical (unpaired) electrons. The number of nitrogens with zero attached hydrogens (tertiary/aromatic N) is 2. The van der Waals surface area contributed by atoms with Crippen LogP contribution in [0.4, 0.5) is 5.69 Å². The standard InChI is InChI=1S/C42H38N2O9/c1-50-37-18-10-8-16-35(37)42(30-14-6-5-7-15-30,36-17-9-11-19-38(36)51-2)52-27-13-4-3-12-26-43-39(45)33-25-20-29(28-34(33)40(43)46)41(47)53-32-23-21-31(22-24-32)44(48)49/h5-11,14-25,28H,3-4,12-13,26-27H2,1-2H3. The van der Waals surface area contributed by atoms with Crippen LogP contribution in [-0.4, -0.2) is 55.0 Å². The van der Waals surface area contributed by atoms with Crippen molar-refractivity contribution in [2.24, 2.45) is 0 Å². The molecule has 5 aromatic carbocycles. The number of imide groups is 1. The van der Waals surface area contributed by atoms with E-state index in [1.165, 1.54) is 47.4 Å². The van der Waals surface area contributed by atoms with E-state index in [2.05, 4.69) is 0 Å². The number of para-hydroxylation sites is 2. The van der Waals surface area contributed by atoms with Crippen molar-refractivity contribution in [2.45, 2.75) is 31.3 Å². The smallest absolute Gasteiger partial charge is 0.343 e. The van der Waals surface area contributed by atoms with Gasteiger partial charge in [-0.3, -0.25) is 24.6 Å². The van der Waals surface area contributed by atoms with Crippen molar-refractivity contribution >= 4 is 23.5 Å². The Morgan fingerprint density at radius 1 is 0.698 bits per heavy atom. The van der Waals surface area contributed by atoms with Gasteiger partial charge in [0.15, 0.2) is 5.60 Å². The van der Waals surface area contributed by atoms with E-state index in [1.807, 2.05) is 78.9 Å². The van der Waals surface area contributed by atoms with Gasteiger partial charge in [-0.05, 0) is 60.9 Å². The second kappa shape index (κ2) is 16.3. The Kier molecular flexibility index (Phi) is 11.2. The molecule has 0 unspecified atom stereocenters. The van der Waals surface area contributed by atoms with E-state index in [0.717, 1.165) is 29.5 Å². The highest BCUT2D eigenvalue weighted by Gasteiger charge is 2.42. The number of carbonyl (C=O) groups is 3. The number of benzene rings is 5. The van der Waals surface area contributed by atoms with E-state index in [9.17, 15) is 24.5 Å². The predicted octanol–water partition coefficient (Wildman–Crippen LogP) is 8.00. The Hall–Kier alpha value is -6.33. The van der Waals surface area contributed by atoms with Gasteiger partial charge in [0.25, 0.3) is 17.5 Å². The molecule has 0 bridgehead atoms. The number of hydrogen-bond donors (Lipinski definition) is 0. The van der Waals surface area contributed by atoms with Crippen molar-refractivity contribution in [2.75, 3.05) is 27.4 Å². The summed E-state index contributed by atoms with van der Waals surface area (Å²) in [5, 5.41) is 10.9. The molecule has 0 N–H and O–H groups in total. The van der Waals surface area contributed by atoms with E-state index >= 15 is 0 Å². The zero-order valence-electron chi connectivity index (χ0n) is 29.4. The van der Waals surface area contributed by atoms with E-state index in [0.29, 0.717) is 30.9 Å². The van der Waals surface area contributed by atoms with Crippen LogP contribution in [0.2, 0.25) is 0 Å². The van der Waals surface area contributed by atoms with Gasteiger partial charge in [-0.1, -0.05) is 79.6 Å². The molecule has 0 saturated carbocycles. The number of ether oxygens (including phenoxy) is 4. The first kappa shape index (κ1) is 36.5. The quantitative estimate of drug-likeness (QED) is 0.0190. The van der Waals surface area contributed by atoms with Gasteiger partial charge in [0.05, 0.1) is 35.8 Å². The summed E-state index contributed by atoms with van der Waals surface area (Å²) in [6.07, 6.45) is 2.82. The van der Waals surface area contributed by atoms with Crippen LogP contribution < -0.4 is 14.2 Å². The highest BCUT2D eigenvalue weighted by Crippen LogP contribution is 2.47. The van der Waals surface area contributed by atoms with Gasteiger partial charge in [-0.25, -0.2) is 4.79 Å². The van der Waals surface area contributed by atoms with E-state index in [-0.39, 0.29) is 34.7 Å². The van der Waals surface area contributed by atoms with Crippen LogP contribution in [0.5, 0.6) is 17.2 Å². The Balaban J connectivity index is 1.09. The monoisotopic (exact) mass is 714 g/mol. The zero-order chi connectivity index (χ0) is 37.4. The number of esters is 1. The number of methoxy groups -OCH3 is 2. The first-order valence-corrected chi connectivity index (χ1v) is 17.2. The van der Waals surface area contributed by atoms with Crippen molar-refractivity contribution in [3.63, 3.8) is 0 Å². The van der Waals surface area contributed by atoms with Crippen molar-refractivity contribution in [1.29, 1.82) is 0 Å². The number of carbonyl (C=O) groups excluding carboxylic acids is 3. The first-order valence-electron chi connectivity index (χ1n) is 17.2. The summed E-state index contributed by atoms with van der Waals surface area (Å²) >= 11 is 0. The molecule has 53 heavy (non-hydrogen) atoms. The van der Waals surface area contributed by atoms with E-state index in [1.54, 1.807) is 14.2 Å². The van der Waals surface area contributed by atoms with Crippen molar-refractivity contribution in [3.8, 4) is 17.2 Å². The third kappa shape index (κ3) is 7.51. The minimum atomic E-state index is -1.05. The van der Waals surface area contributed by atoms with E-state index < -0.39 is 28.3 Å². The van der Waals surface area contributed by atoms with Gasteiger partial charge in [-0.2, -0.15) is 0 Å². The maximum atomic E-state index is 13.3. The molecule has 5 aromatic rings. The second-order valence-electron chi connectivity index (χ2n) is 12.4. The molecule has 11 heteroatoms. The van der Waals surface area contributed by atoms with Crippen molar-refractivity contribution in [3.05, 3.63) is 165 Å². The largest absolute Gasteiger partial charge is 0.496 e. The maximum absolute atomic E-state index is 13.3. The topological polar surface area (TPSA) is 135 Å². The lowest BCUT2D eigenvalue weighted by Gasteiger charge is -2.37. The Labute approximate surface area is 306 Å². The number of nitro groups is 1. The molecular formula is C42H38N2O9. The molecule has 0 fully saturated rings. The van der Waals surface area contributed by atoms with Crippen LogP contribution in [-0.2, 0) is 10.3 Å². The van der Waals surface area contributed by atoms with Crippen molar-refractivity contribution < 1.29 is 38.3 Å². The molecule has 6 rings (SSSR count). The van der Waals surface area contributed by atoms with E-state index in [4.69, 9.17) is 18.9 Å². The average molecular weight is 715 g/mol. The van der Waals surface area contributed by atoms with Crippen LogP contribution in [0.1, 0.15) is 73.4 Å². The molecule has 270 valence electrons. The molecule has 0 spiro atoms. The van der Waals surface area contributed by atoms with Gasteiger partial charge < -0.3 is 18.9 Å². The maximum Gasteiger partial charge on any atom is 0.343 e. The fourth-order valence-corrected chi connectivity index (χ4v) is 6.61. The van der Waals surface area contributed by atoms with Crippen LogP contribution >= 0.6 is 0 Å². The highest BCUT2D eigenvalue weighted by molar-refractivity contribution is 6.22. The molecule has 0 aromatic heterocycles. The summed E-state index contributed by atoms with van der Waals surface area (Å²) in [6, 6.07) is 34.9. The van der Waals surface area contributed by atoms with Crippen LogP contribution in [0.3, 0.4) is 0 Å². The third-order valence-electron chi connectivity index (χ3n) is 9.21. The summed E-state index contributed by atoms with van der Waals surface area (Å²) in [6.45, 7) is 0.628. The number of fused-ring (bicyclic) bond motifs is 1. The normalized spacial score (nSPS) is 12.4. The molecule has 0 atom stereocenters. The Bertz CT molecular complexity index is 2070. The lowest BCUT2D eigenvalue weighted by atomic mass is 9.79. The molecule has 1 aliphatic heterocycles. The molecule has 11 nitrogen and oxygen atoms in total. The fraction of sp³-hybridized carbons (Fsp3) is 0.214. The molecule has 2 amide bonds. The first-order chi connectivity index (χ1) is 25.8. The summed E-state index contributed by atoms with van der Waals surface area (Å²) in [4.78, 5) is 50.7. The fourth-order valence-electron chi connectivity index (χ4n) is 6.61. The summed E-state index contributed by atoms with van der Waals surface area (Å²) < 4.78 is 24.0. The lowest BCUT2D eigenvalue weighted by Crippen LogP contribution is -2.34. The molecule has 1 heterocycles. The molecule has 0 saturated heterocycles.